The summed E-state index contributed by atoms with van der Waals surface area (Å²) in [7, 11) is 0. The molecule has 1 atom stereocenters. The summed E-state index contributed by atoms with van der Waals surface area (Å²) in [5.41, 5.74) is 1.21. The SMILES string of the molecule is FC(F)(F)c1cccc([C@@H](c2nnnn2-c2c(Cl)cccc2Cl)N2CCN(CC=Cc3ccccc3)CC2)c1. The van der Waals surface area contributed by atoms with Crippen LogP contribution in [-0.2, 0) is 6.18 Å². The van der Waals surface area contributed by atoms with Crippen LogP contribution in [-0.4, -0.2) is 62.7 Å². The molecule has 1 aromatic heterocycles. The Kier molecular flexibility index (Phi) is 8.32. The lowest BCUT2D eigenvalue weighted by molar-refractivity contribution is -0.137. The molecular weight excluding hydrogens is 548 g/mol. The van der Waals surface area contributed by atoms with Crippen LogP contribution < -0.4 is 0 Å². The number of piperazine rings is 1. The van der Waals surface area contributed by atoms with Gasteiger partial charge in [-0.05, 0) is 45.8 Å². The van der Waals surface area contributed by atoms with E-state index in [1.807, 2.05) is 30.3 Å². The second kappa shape index (κ2) is 11.9. The predicted molar refractivity (Wildman–Crippen MR) is 146 cm³/mol. The zero-order chi connectivity index (χ0) is 27.4. The third kappa shape index (κ3) is 6.33. The van der Waals surface area contributed by atoms with Gasteiger partial charge in [-0.3, -0.25) is 9.80 Å². The number of tetrazole rings is 1. The fraction of sp³-hybridized carbons (Fsp3) is 0.250. The number of para-hydroxylation sites is 1. The zero-order valence-corrected chi connectivity index (χ0v) is 22.3. The topological polar surface area (TPSA) is 50.1 Å². The van der Waals surface area contributed by atoms with Crippen LogP contribution >= 0.6 is 23.2 Å². The van der Waals surface area contributed by atoms with E-state index < -0.39 is 17.8 Å². The van der Waals surface area contributed by atoms with Crippen molar-refractivity contribution in [1.82, 2.24) is 30.0 Å². The molecule has 3 aromatic carbocycles. The van der Waals surface area contributed by atoms with Gasteiger partial charge in [-0.25, -0.2) is 0 Å². The molecular formula is C28H25Cl2F3N6. The number of hydrogen-bond acceptors (Lipinski definition) is 5. The maximum atomic E-state index is 13.7. The predicted octanol–water partition coefficient (Wildman–Crippen LogP) is 6.41. The highest BCUT2D eigenvalue weighted by Gasteiger charge is 2.35. The van der Waals surface area contributed by atoms with Crippen molar-refractivity contribution in [3.8, 4) is 5.69 Å². The summed E-state index contributed by atoms with van der Waals surface area (Å²) >= 11 is 12.9. The van der Waals surface area contributed by atoms with Crippen molar-refractivity contribution in [2.24, 2.45) is 0 Å². The van der Waals surface area contributed by atoms with Gasteiger partial charge < -0.3 is 0 Å². The molecule has 0 amide bonds. The number of halogens is 5. The van der Waals surface area contributed by atoms with Crippen molar-refractivity contribution in [3.63, 3.8) is 0 Å². The molecule has 2 heterocycles. The van der Waals surface area contributed by atoms with Crippen LogP contribution in [0.4, 0.5) is 13.2 Å². The van der Waals surface area contributed by atoms with Crippen molar-refractivity contribution in [2.45, 2.75) is 12.2 Å². The summed E-state index contributed by atoms with van der Waals surface area (Å²) in [5.74, 6) is 0.335. The van der Waals surface area contributed by atoms with E-state index >= 15 is 0 Å². The number of aromatic nitrogens is 4. The average Bonchev–Trinajstić information content (AvgIpc) is 3.39. The Bertz CT molecular complexity index is 1410. The van der Waals surface area contributed by atoms with E-state index in [-0.39, 0.29) is 0 Å². The van der Waals surface area contributed by atoms with E-state index in [0.717, 1.165) is 37.3 Å². The van der Waals surface area contributed by atoms with Gasteiger partial charge in [0.15, 0.2) is 5.82 Å². The second-order valence-electron chi connectivity index (χ2n) is 9.19. The second-order valence-corrected chi connectivity index (χ2v) is 10.0. The third-order valence-corrected chi connectivity index (χ3v) is 7.27. The van der Waals surface area contributed by atoms with Gasteiger partial charge in [-0.15, -0.1) is 5.10 Å². The van der Waals surface area contributed by atoms with Crippen molar-refractivity contribution in [1.29, 1.82) is 0 Å². The molecule has 1 fully saturated rings. The molecule has 5 rings (SSSR count). The Hall–Kier alpha value is -3.24. The summed E-state index contributed by atoms with van der Waals surface area (Å²) in [6.07, 6.45) is -0.281. The molecule has 6 nitrogen and oxygen atoms in total. The van der Waals surface area contributed by atoms with Gasteiger partial charge in [0.2, 0.25) is 0 Å². The van der Waals surface area contributed by atoms with E-state index in [4.69, 9.17) is 23.2 Å². The van der Waals surface area contributed by atoms with Gasteiger partial charge in [0.05, 0.1) is 21.7 Å². The zero-order valence-electron chi connectivity index (χ0n) is 20.8. The quantitative estimate of drug-likeness (QED) is 0.256. The van der Waals surface area contributed by atoms with Crippen molar-refractivity contribution in [3.05, 3.63) is 111 Å². The summed E-state index contributed by atoms with van der Waals surface area (Å²) in [5, 5.41) is 12.9. The summed E-state index contributed by atoms with van der Waals surface area (Å²) in [4.78, 5) is 4.40. The Labute approximate surface area is 234 Å². The molecule has 11 heteroatoms. The van der Waals surface area contributed by atoms with E-state index in [9.17, 15) is 13.2 Å². The standard InChI is InChI=1S/C28H25Cl2F3N6/c29-23-12-5-13-24(30)26(23)39-27(34-35-36-39)25(21-10-4-11-22(19-21)28(31,32)33)38-17-15-37(16-18-38)14-6-9-20-7-2-1-3-8-20/h1-13,19,25H,14-18H2/t25-/m0/s1. The summed E-state index contributed by atoms with van der Waals surface area (Å²) < 4.78 is 42.4. The van der Waals surface area contributed by atoms with Gasteiger partial charge in [0.1, 0.15) is 5.69 Å². The molecule has 1 saturated heterocycles. The highest BCUT2D eigenvalue weighted by Crippen LogP contribution is 2.36. The molecule has 202 valence electrons. The van der Waals surface area contributed by atoms with E-state index in [2.05, 4.69) is 37.5 Å². The highest BCUT2D eigenvalue weighted by molar-refractivity contribution is 6.37. The Morgan fingerprint density at radius 2 is 1.56 bits per heavy atom. The number of alkyl halides is 3. The molecule has 0 radical (unpaired) electrons. The Balaban J connectivity index is 1.44. The van der Waals surface area contributed by atoms with Crippen molar-refractivity contribution in [2.75, 3.05) is 32.7 Å². The molecule has 0 spiro atoms. The van der Waals surface area contributed by atoms with Gasteiger partial charge in [0.25, 0.3) is 0 Å². The Morgan fingerprint density at radius 3 is 2.26 bits per heavy atom. The van der Waals surface area contributed by atoms with Crippen LogP contribution in [0.2, 0.25) is 10.0 Å². The fourth-order valence-electron chi connectivity index (χ4n) is 4.73. The van der Waals surface area contributed by atoms with E-state index in [0.29, 0.717) is 40.2 Å². The van der Waals surface area contributed by atoms with Crippen LogP contribution in [0.1, 0.15) is 28.6 Å². The molecule has 1 aliphatic heterocycles. The number of nitrogens with zero attached hydrogens (tertiary/aromatic N) is 6. The third-order valence-electron chi connectivity index (χ3n) is 6.66. The number of benzene rings is 3. The highest BCUT2D eigenvalue weighted by atomic mass is 35.5. The average molecular weight is 573 g/mol. The van der Waals surface area contributed by atoms with Crippen LogP contribution in [0.15, 0.2) is 78.9 Å². The van der Waals surface area contributed by atoms with E-state index in [1.54, 1.807) is 24.3 Å². The smallest absolute Gasteiger partial charge is 0.297 e. The van der Waals surface area contributed by atoms with Crippen LogP contribution in [0.25, 0.3) is 11.8 Å². The number of hydrogen-bond donors (Lipinski definition) is 0. The maximum Gasteiger partial charge on any atom is 0.416 e. The minimum Gasteiger partial charge on any atom is -0.297 e. The van der Waals surface area contributed by atoms with Gasteiger partial charge in [0, 0.05) is 32.7 Å². The first kappa shape index (κ1) is 27.3. The van der Waals surface area contributed by atoms with Crippen molar-refractivity contribution < 1.29 is 13.2 Å². The molecule has 0 saturated carbocycles. The number of rotatable bonds is 7. The molecule has 0 aliphatic carbocycles. The first-order chi connectivity index (χ1) is 18.8. The van der Waals surface area contributed by atoms with Crippen molar-refractivity contribution >= 4 is 29.3 Å². The molecule has 39 heavy (non-hydrogen) atoms. The monoisotopic (exact) mass is 572 g/mol. The molecule has 4 aromatic rings. The normalized spacial score (nSPS) is 16.1. The molecule has 1 aliphatic rings. The molecule has 0 unspecified atom stereocenters. The molecule has 0 bridgehead atoms. The van der Waals surface area contributed by atoms with Crippen LogP contribution in [0.5, 0.6) is 0 Å². The first-order valence-electron chi connectivity index (χ1n) is 12.4. The summed E-state index contributed by atoms with van der Waals surface area (Å²) in [6.45, 7) is 3.42. The van der Waals surface area contributed by atoms with Gasteiger partial charge >= 0.3 is 6.18 Å². The minimum absolute atomic E-state index is 0.328. The van der Waals surface area contributed by atoms with Gasteiger partial charge in [-0.2, -0.15) is 17.9 Å². The van der Waals surface area contributed by atoms with Crippen LogP contribution in [0.3, 0.4) is 0 Å². The maximum absolute atomic E-state index is 13.7. The lowest BCUT2D eigenvalue weighted by Crippen LogP contribution is -2.48. The lowest BCUT2D eigenvalue weighted by atomic mass is 10.0. The minimum atomic E-state index is -4.48. The van der Waals surface area contributed by atoms with Gasteiger partial charge in [-0.1, -0.05) is 83.9 Å². The first-order valence-corrected chi connectivity index (χ1v) is 13.1. The largest absolute Gasteiger partial charge is 0.416 e. The summed E-state index contributed by atoms with van der Waals surface area (Å²) in [6, 6.07) is 19.7. The van der Waals surface area contributed by atoms with Crippen LogP contribution in [0, 0.1) is 0 Å². The fourth-order valence-corrected chi connectivity index (χ4v) is 5.29. The molecule has 0 N–H and O–H groups in total. The Morgan fingerprint density at radius 1 is 0.872 bits per heavy atom. The van der Waals surface area contributed by atoms with E-state index in [1.165, 1.54) is 10.7 Å². The lowest BCUT2D eigenvalue weighted by Gasteiger charge is -2.38.